The third-order valence-corrected chi connectivity index (χ3v) is 8.07. The maximum Gasteiger partial charge on any atom is 0.407 e. The number of rotatable bonds is 7. The first-order chi connectivity index (χ1) is 16.7. The Morgan fingerprint density at radius 3 is 2.51 bits per heavy atom. The number of pyridine rings is 2. The molecule has 0 radical (unpaired) electrons. The van der Waals surface area contributed by atoms with Crippen LogP contribution in [0, 0.1) is 6.92 Å². The molecule has 11 nitrogen and oxygen atoms in total. The van der Waals surface area contributed by atoms with Crippen LogP contribution in [-0.2, 0) is 9.84 Å². The van der Waals surface area contributed by atoms with Crippen LogP contribution in [0.5, 0.6) is 11.5 Å². The number of methoxy groups -OCH3 is 1. The van der Waals surface area contributed by atoms with E-state index in [1.165, 1.54) is 11.2 Å². The topological polar surface area (TPSA) is 134 Å². The summed E-state index contributed by atoms with van der Waals surface area (Å²) in [6, 6.07) is 5.48. The highest BCUT2D eigenvalue weighted by Gasteiger charge is 2.31. The molecule has 0 saturated carbocycles. The van der Waals surface area contributed by atoms with Gasteiger partial charge in [0.25, 0.3) is 0 Å². The van der Waals surface area contributed by atoms with Crippen LogP contribution in [0.2, 0.25) is 0 Å². The monoisotopic (exact) mass is 505 g/mol. The predicted molar refractivity (Wildman–Crippen MR) is 132 cm³/mol. The summed E-state index contributed by atoms with van der Waals surface area (Å²) in [6.07, 6.45) is 3.68. The number of aromatic nitrogens is 2. The molecule has 2 aliphatic rings. The average molecular weight is 506 g/mol. The van der Waals surface area contributed by atoms with Gasteiger partial charge in [-0.2, -0.15) is 0 Å². The van der Waals surface area contributed by atoms with Crippen molar-refractivity contribution in [2.24, 2.45) is 0 Å². The van der Waals surface area contributed by atoms with Crippen LogP contribution in [0.3, 0.4) is 0 Å². The second kappa shape index (κ2) is 10.1. The van der Waals surface area contributed by atoms with E-state index >= 15 is 0 Å². The molecular weight excluding hydrogens is 474 g/mol. The number of aryl methyl sites for hydroxylation is 1. The number of hydrogen-bond donors (Lipinski definition) is 2. The molecule has 2 aromatic rings. The predicted octanol–water partition coefficient (Wildman–Crippen LogP) is 2.68. The number of likely N-dealkylation sites (tertiary alicyclic amines) is 1. The standard InChI is InChI=1S/C23H31N5O6S/c1-15-18(4-5-20(25-15)28-13-9-17(14-28)35(3,31)32)26-22-21(33-2)19(6-10-24-22)34-16-7-11-27(12-8-16)23(29)30/h4-6,10,16-17H,7-9,11-14H2,1-3H3,(H,24,26)(H,29,30). The zero-order chi connectivity index (χ0) is 25.2. The zero-order valence-electron chi connectivity index (χ0n) is 20.1. The van der Waals surface area contributed by atoms with E-state index in [1.54, 1.807) is 19.4 Å². The van der Waals surface area contributed by atoms with Gasteiger partial charge in [-0.3, -0.25) is 0 Å². The molecule has 12 heteroatoms. The molecule has 0 aliphatic carbocycles. The number of hydrogen-bond acceptors (Lipinski definition) is 9. The molecule has 1 atom stereocenters. The first-order valence-electron chi connectivity index (χ1n) is 11.5. The lowest BCUT2D eigenvalue weighted by Crippen LogP contribution is -2.41. The van der Waals surface area contributed by atoms with Crippen molar-refractivity contribution in [1.82, 2.24) is 14.9 Å². The van der Waals surface area contributed by atoms with Gasteiger partial charge in [-0.05, 0) is 25.5 Å². The Hall–Kier alpha value is -3.28. The van der Waals surface area contributed by atoms with Crippen LogP contribution >= 0.6 is 0 Å². The van der Waals surface area contributed by atoms with Gasteiger partial charge in [0.2, 0.25) is 5.75 Å². The normalized spacial score (nSPS) is 19.0. The number of piperidine rings is 1. The van der Waals surface area contributed by atoms with Crippen LogP contribution in [-0.4, -0.2) is 85.4 Å². The highest BCUT2D eigenvalue weighted by Crippen LogP contribution is 2.37. The van der Waals surface area contributed by atoms with E-state index in [9.17, 15) is 13.2 Å². The summed E-state index contributed by atoms with van der Waals surface area (Å²) < 4.78 is 35.5. The molecule has 1 unspecified atom stereocenters. The summed E-state index contributed by atoms with van der Waals surface area (Å²) in [5.41, 5.74) is 1.48. The van der Waals surface area contributed by atoms with Crippen LogP contribution in [0.4, 0.5) is 22.1 Å². The Morgan fingerprint density at radius 2 is 1.91 bits per heavy atom. The minimum absolute atomic E-state index is 0.117. The summed E-state index contributed by atoms with van der Waals surface area (Å²) in [5.74, 6) is 2.20. The van der Waals surface area contributed by atoms with Crippen LogP contribution < -0.4 is 19.7 Å². The molecule has 4 heterocycles. The van der Waals surface area contributed by atoms with Crippen molar-refractivity contribution in [1.29, 1.82) is 0 Å². The van der Waals surface area contributed by atoms with E-state index in [0.29, 0.717) is 62.8 Å². The summed E-state index contributed by atoms with van der Waals surface area (Å²) in [5, 5.41) is 12.0. The van der Waals surface area contributed by atoms with E-state index in [2.05, 4.69) is 15.3 Å². The average Bonchev–Trinajstić information content (AvgIpc) is 3.32. The summed E-state index contributed by atoms with van der Waals surface area (Å²) in [6.45, 7) is 3.82. The number of amides is 1. The minimum atomic E-state index is -3.08. The van der Waals surface area contributed by atoms with Crippen molar-refractivity contribution in [3.05, 3.63) is 30.1 Å². The number of nitrogens with one attached hydrogen (secondary N) is 1. The Bertz CT molecular complexity index is 1180. The first kappa shape index (κ1) is 24.8. The molecule has 1 amide bonds. The molecule has 2 aromatic heterocycles. The van der Waals surface area contributed by atoms with E-state index in [1.807, 2.05) is 24.0 Å². The fourth-order valence-electron chi connectivity index (χ4n) is 4.42. The fraction of sp³-hybridized carbons (Fsp3) is 0.522. The molecule has 2 N–H and O–H groups in total. The Labute approximate surface area is 205 Å². The lowest BCUT2D eigenvalue weighted by atomic mass is 10.1. The van der Waals surface area contributed by atoms with Crippen molar-refractivity contribution in [3.8, 4) is 11.5 Å². The number of nitrogens with zero attached hydrogens (tertiary/aromatic N) is 4. The van der Waals surface area contributed by atoms with Gasteiger partial charge in [0.1, 0.15) is 11.9 Å². The van der Waals surface area contributed by atoms with Crippen LogP contribution in [0.25, 0.3) is 0 Å². The SMILES string of the molecule is COc1c(OC2CCN(C(=O)O)CC2)ccnc1Nc1ccc(N2CCC(S(C)(=O)=O)C2)nc1C. The fourth-order valence-corrected chi connectivity index (χ4v) is 5.41. The second-order valence-corrected chi connectivity index (χ2v) is 11.2. The Morgan fingerprint density at radius 1 is 1.17 bits per heavy atom. The van der Waals surface area contributed by atoms with Crippen LogP contribution in [0.1, 0.15) is 25.0 Å². The summed E-state index contributed by atoms with van der Waals surface area (Å²) >= 11 is 0. The Balaban J connectivity index is 1.46. The van der Waals surface area contributed by atoms with Gasteiger partial charge in [-0.25, -0.2) is 23.2 Å². The van der Waals surface area contributed by atoms with Gasteiger partial charge in [0.15, 0.2) is 21.4 Å². The molecule has 35 heavy (non-hydrogen) atoms. The number of carbonyl (C=O) groups is 1. The summed E-state index contributed by atoms with van der Waals surface area (Å²) in [7, 11) is -1.53. The van der Waals surface area contributed by atoms with E-state index < -0.39 is 15.9 Å². The van der Waals surface area contributed by atoms with Crippen molar-refractivity contribution in [2.75, 3.05) is 49.8 Å². The molecular formula is C23H31N5O6S. The maximum absolute atomic E-state index is 11.9. The van der Waals surface area contributed by atoms with Crippen molar-refractivity contribution in [3.63, 3.8) is 0 Å². The third-order valence-electron chi connectivity index (χ3n) is 6.48. The van der Waals surface area contributed by atoms with E-state index in [0.717, 1.165) is 17.2 Å². The van der Waals surface area contributed by atoms with Gasteiger partial charge >= 0.3 is 6.09 Å². The highest BCUT2D eigenvalue weighted by atomic mass is 32.2. The van der Waals surface area contributed by atoms with E-state index in [4.69, 9.17) is 14.6 Å². The zero-order valence-corrected chi connectivity index (χ0v) is 20.9. The first-order valence-corrected chi connectivity index (χ1v) is 13.5. The molecule has 2 fully saturated rings. The smallest absolute Gasteiger partial charge is 0.407 e. The molecule has 2 aliphatic heterocycles. The van der Waals surface area contributed by atoms with Gasteiger partial charge in [0, 0.05) is 57.5 Å². The number of carboxylic acid groups (broad SMARTS) is 1. The molecule has 0 spiro atoms. The number of ether oxygens (including phenoxy) is 2. The second-order valence-electron chi connectivity index (χ2n) is 8.89. The third kappa shape index (κ3) is 5.69. The molecule has 2 saturated heterocycles. The quantitative estimate of drug-likeness (QED) is 0.578. The molecule has 4 rings (SSSR count). The molecule has 190 valence electrons. The lowest BCUT2D eigenvalue weighted by Gasteiger charge is -2.30. The van der Waals surface area contributed by atoms with Crippen molar-refractivity contribution >= 4 is 33.3 Å². The maximum atomic E-state index is 11.9. The lowest BCUT2D eigenvalue weighted by molar-refractivity contribution is 0.0878. The van der Waals surface area contributed by atoms with Gasteiger partial charge in [-0.15, -0.1) is 0 Å². The largest absolute Gasteiger partial charge is 0.490 e. The molecule has 0 bridgehead atoms. The number of sulfone groups is 1. The van der Waals surface area contributed by atoms with Crippen molar-refractivity contribution in [2.45, 2.75) is 37.5 Å². The Kier molecular flexibility index (Phi) is 7.20. The van der Waals surface area contributed by atoms with Gasteiger partial charge in [-0.1, -0.05) is 0 Å². The number of anilines is 3. The van der Waals surface area contributed by atoms with Crippen LogP contribution in [0.15, 0.2) is 24.4 Å². The molecule has 0 aromatic carbocycles. The minimum Gasteiger partial charge on any atom is -0.490 e. The summed E-state index contributed by atoms with van der Waals surface area (Å²) in [4.78, 5) is 23.6. The highest BCUT2D eigenvalue weighted by molar-refractivity contribution is 7.91. The van der Waals surface area contributed by atoms with Crippen molar-refractivity contribution < 1.29 is 27.8 Å². The van der Waals surface area contributed by atoms with E-state index in [-0.39, 0.29) is 11.4 Å². The van der Waals surface area contributed by atoms with Gasteiger partial charge < -0.3 is 29.7 Å². The van der Waals surface area contributed by atoms with Gasteiger partial charge in [0.05, 0.1) is 23.7 Å².